The van der Waals surface area contributed by atoms with E-state index >= 15 is 0 Å². The first-order chi connectivity index (χ1) is 9.17. The normalized spacial score (nSPS) is 11.9. The van der Waals surface area contributed by atoms with Crippen molar-refractivity contribution >= 4 is 11.6 Å². The van der Waals surface area contributed by atoms with E-state index in [1.807, 2.05) is 13.1 Å². The number of nitrogens with zero attached hydrogens (tertiary/aromatic N) is 2. The van der Waals surface area contributed by atoms with Crippen LogP contribution >= 0.6 is 0 Å². The molecule has 0 spiro atoms. The predicted octanol–water partition coefficient (Wildman–Crippen LogP) is 2.70. The highest BCUT2D eigenvalue weighted by molar-refractivity contribution is 5.46. The second-order valence-electron chi connectivity index (χ2n) is 4.41. The molecule has 4 nitrogen and oxygen atoms in total. The van der Waals surface area contributed by atoms with Gasteiger partial charge in [-0.2, -0.15) is 0 Å². The smallest absolute Gasteiger partial charge is 0.131 e. The standard InChI is InChI=1S/C14H17FN4/c1-10(7-11-3-5-12(15)6-4-11)19-14-8-13(16-2)17-9-18-14/h3-6,8-10H,7H2,1-2H3,(H2,16,17,18,19). The Balaban J connectivity index is 1.96. The van der Waals surface area contributed by atoms with Crippen LogP contribution in [0.15, 0.2) is 36.7 Å². The summed E-state index contributed by atoms with van der Waals surface area (Å²) in [4.78, 5) is 8.22. The van der Waals surface area contributed by atoms with Gasteiger partial charge in [0.1, 0.15) is 23.8 Å². The molecule has 2 aromatic rings. The summed E-state index contributed by atoms with van der Waals surface area (Å²) in [5.74, 6) is 1.33. The molecule has 100 valence electrons. The molecule has 5 heteroatoms. The highest BCUT2D eigenvalue weighted by Crippen LogP contribution is 2.12. The minimum Gasteiger partial charge on any atom is -0.373 e. The maximum absolute atomic E-state index is 12.8. The molecule has 0 aliphatic carbocycles. The lowest BCUT2D eigenvalue weighted by Crippen LogP contribution is -2.19. The van der Waals surface area contributed by atoms with Gasteiger partial charge in [0.2, 0.25) is 0 Å². The molecule has 1 aromatic heterocycles. The van der Waals surface area contributed by atoms with Crippen molar-refractivity contribution in [2.45, 2.75) is 19.4 Å². The highest BCUT2D eigenvalue weighted by atomic mass is 19.1. The van der Waals surface area contributed by atoms with Crippen LogP contribution in [0.2, 0.25) is 0 Å². The van der Waals surface area contributed by atoms with E-state index in [1.54, 1.807) is 12.1 Å². The third-order valence-corrected chi connectivity index (χ3v) is 2.77. The minimum atomic E-state index is -0.209. The molecule has 0 bridgehead atoms. The number of halogens is 1. The summed E-state index contributed by atoms with van der Waals surface area (Å²) in [6.45, 7) is 2.06. The van der Waals surface area contributed by atoms with Gasteiger partial charge in [0.25, 0.3) is 0 Å². The Morgan fingerprint density at radius 1 is 1.16 bits per heavy atom. The van der Waals surface area contributed by atoms with E-state index in [-0.39, 0.29) is 11.9 Å². The van der Waals surface area contributed by atoms with E-state index in [4.69, 9.17) is 0 Å². The SMILES string of the molecule is CNc1cc(NC(C)Cc2ccc(F)cc2)ncn1. The lowest BCUT2D eigenvalue weighted by atomic mass is 10.1. The van der Waals surface area contributed by atoms with E-state index in [9.17, 15) is 4.39 Å². The molecular formula is C14H17FN4. The zero-order valence-corrected chi connectivity index (χ0v) is 11.0. The molecule has 0 fully saturated rings. The van der Waals surface area contributed by atoms with Gasteiger partial charge in [0, 0.05) is 19.2 Å². The Hall–Kier alpha value is -2.17. The largest absolute Gasteiger partial charge is 0.373 e. The van der Waals surface area contributed by atoms with E-state index in [0.717, 1.165) is 23.6 Å². The summed E-state index contributed by atoms with van der Waals surface area (Å²) in [5, 5.41) is 6.26. The van der Waals surface area contributed by atoms with Crippen LogP contribution in [0.4, 0.5) is 16.0 Å². The Kier molecular flexibility index (Phi) is 4.28. The number of anilines is 2. The average Bonchev–Trinajstić information content (AvgIpc) is 2.41. The van der Waals surface area contributed by atoms with Crippen molar-refractivity contribution in [2.24, 2.45) is 0 Å². The lowest BCUT2D eigenvalue weighted by Gasteiger charge is -2.14. The third kappa shape index (κ3) is 3.91. The summed E-state index contributed by atoms with van der Waals surface area (Å²) in [6, 6.07) is 8.60. The Morgan fingerprint density at radius 3 is 2.53 bits per heavy atom. The van der Waals surface area contributed by atoms with Crippen molar-refractivity contribution in [1.82, 2.24) is 9.97 Å². The first-order valence-electron chi connectivity index (χ1n) is 6.18. The third-order valence-electron chi connectivity index (χ3n) is 2.77. The summed E-state index contributed by atoms with van der Waals surface area (Å²) < 4.78 is 12.8. The first-order valence-corrected chi connectivity index (χ1v) is 6.18. The Morgan fingerprint density at radius 2 is 1.84 bits per heavy atom. The van der Waals surface area contributed by atoms with Crippen LogP contribution in [0.5, 0.6) is 0 Å². The zero-order valence-electron chi connectivity index (χ0n) is 11.0. The van der Waals surface area contributed by atoms with Gasteiger partial charge in [-0.15, -0.1) is 0 Å². The lowest BCUT2D eigenvalue weighted by molar-refractivity contribution is 0.626. The molecule has 1 atom stereocenters. The molecule has 0 aliphatic rings. The summed E-state index contributed by atoms with van der Waals surface area (Å²) in [7, 11) is 1.81. The second-order valence-corrected chi connectivity index (χ2v) is 4.41. The Labute approximate surface area is 112 Å². The maximum atomic E-state index is 12.8. The van der Waals surface area contributed by atoms with Crippen LogP contribution in [0.1, 0.15) is 12.5 Å². The van der Waals surface area contributed by atoms with Crippen molar-refractivity contribution in [3.05, 3.63) is 48.0 Å². The fourth-order valence-electron chi connectivity index (χ4n) is 1.85. The minimum absolute atomic E-state index is 0.199. The number of rotatable bonds is 5. The fourth-order valence-corrected chi connectivity index (χ4v) is 1.85. The van der Waals surface area contributed by atoms with Gasteiger partial charge in [0.05, 0.1) is 0 Å². The monoisotopic (exact) mass is 260 g/mol. The number of aromatic nitrogens is 2. The number of benzene rings is 1. The quantitative estimate of drug-likeness (QED) is 0.868. The van der Waals surface area contributed by atoms with E-state index in [0.29, 0.717) is 0 Å². The molecule has 1 unspecified atom stereocenters. The van der Waals surface area contributed by atoms with E-state index in [2.05, 4.69) is 27.5 Å². The molecule has 2 rings (SSSR count). The van der Waals surface area contributed by atoms with Gasteiger partial charge < -0.3 is 10.6 Å². The molecule has 1 heterocycles. The average molecular weight is 260 g/mol. The summed E-state index contributed by atoms with van der Waals surface area (Å²) in [6.07, 6.45) is 2.32. The highest BCUT2D eigenvalue weighted by Gasteiger charge is 2.05. The molecule has 0 amide bonds. The van der Waals surface area contributed by atoms with Crippen molar-refractivity contribution in [3.8, 4) is 0 Å². The molecule has 0 aliphatic heterocycles. The van der Waals surface area contributed by atoms with Gasteiger partial charge in [-0.25, -0.2) is 14.4 Å². The van der Waals surface area contributed by atoms with Crippen molar-refractivity contribution in [2.75, 3.05) is 17.7 Å². The van der Waals surface area contributed by atoms with Crippen LogP contribution in [-0.2, 0) is 6.42 Å². The number of hydrogen-bond acceptors (Lipinski definition) is 4. The van der Waals surface area contributed by atoms with Crippen LogP contribution in [0, 0.1) is 5.82 Å². The summed E-state index contributed by atoms with van der Waals surface area (Å²) >= 11 is 0. The van der Waals surface area contributed by atoms with Gasteiger partial charge in [0.15, 0.2) is 0 Å². The topological polar surface area (TPSA) is 49.8 Å². The molecule has 19 heavy (non-hydrogen) atoms. The molecule has 0 saturated carbocycles. The number of hydrogen-bond donors (Lipinski definition) is 2. The first kappa shape index (κ1) is 13.3. The van der Waals surface area contributed by atoms with E-state index in [1.165, 1.54) is 18.5 Å². The predicted molar refractivity (Wildman–Crippen MR) is 74.8 cm³/mol. The maximum Gasteiger partial charge on any atom is 0.131 e. The van der Waals surface area contributed by atoms with Crippen LogP contribution in [-0.4, -0.2) is 23.1 Å². The molecular weight excluding hydrogens is 243 g/mol. The van der Waals surface area contributed by atoms with Gasteiger partial charge in [-0.1, -0.05) is 12.1 Å². The Bertz CT molecular complexity index is 527. The second kappa shape index (κ2) is 6.13. The van der Waals surface area contributed by atoms with Gasteiger partial charge >= 0.3 is 0 Å². The van der Waals surface area contributed by atoms with Crippen LogP contribution in [0.3, 0.4) is 0 Å². The molecule has 0 saturated heterocycles. The van der Waals surface area contributed by atoms with Gasteiger partial charge in [-0.3, -0.25) is 0 Å². The van der Waals surface area contributed by atoms with Crippen molar-refractivity contribution in [3.63, 3.8) is 0 Å². The van der Waals surface area contributed by atoms with E-state index < -0.39 is 0 Å². The zero-order chi connectivity index (χ0) is 13.7. The van der Waals surface area contributed by atoms with Crippen molar-refractivity contribution < 1.29 is 4.39 Å². The summed E-state index contributed by atoms with van der Waals surface area (Å²) in [5.41, 5.74) is 1.09. The fraction of sp³-hybridized carbons (Fsp3) is 0.286. The van der Waals surface area contributed by atoms with Crippen molar-refractivity contribution in [1.29, 1.82) is 0 Å². The van der Waals surface area contributed by atoms with Gasteiger partial charge in [-0.05, 0) is 31.0 Å². The molecule has 0 radical (unpaired) electrons. The van der Waals surface area contributed by atoms with Crippen LogP contribution in [0.25, 0.3) is 0 Å². The molecule has 1 aromatic carbocycles. The number of nitrogens with one attached hydrogen (secondary N) is 2. The van der Waals surface area contributed by atoms with Crippen LogP contribution < -0.4 is 10.6 Å². The molecule has 2 N–H and O–H groups in total.